The van der Waals surface area contributed by atoms with Gasteiger partial charge in [0, 0.05) is 12.6 Å². The molecule has 5 heteroatoms. The van der Waals surface area contributed by atoms with Gasteiger partial charge in [-0.05, 0) is 40.2 Å². The first-order chi connectivity index (χ1) is 8.19. The molecule has 0 aliphatic rings. The molecule has 0 spiro atoms. The smallest absolute Gasteiger partial charge is 0.145 e. The number of hydrogen-bond acceptors (Lipinski definition) is 3. The second kappa shape index (κ2) is 5.25. The van der Waals surface area contributed by atoms with Gasteiger partial charge in [-0.1, -0.05) is 0 Å². The van der Waals surface area contributed by atoms with Crippen molar-refractivity contribution in [2.75, 3.05) is 0 Å². The van der Waals surface area contributed by atoms with Crippen molar-refractivity contribution in [2.45, 2.75) is 6.54 Å². The highest BCUT2D eigenvalue weighted by molar-refractivity contribution is 9.10. The molecule has 0 unspecified atom stereocenters. The van der Waals surface area contributed by atoms with E-state index < -0.39 is 0 Å². The number of nitrogens with two attached hydrogens (primary N) is 1. The molecule has 1 aromatic carbocycles. The Morgan fingerprint density at radius 2 is 2.12 bits per heavy atom. The number of rotatable bonds is 3. The number of hydrogen-bond donors (Lipinski definition) is 1. The fraction of sp³-hybridized carbons (Fsp3) is 0.0833. The molecule has 1 aromatic heterocycles. The minimum absolute atomic E-state index is 0.352. The maximum atomic E-state index is 13.0. The van der Waals surface area contributed by atoms with Crippen molar-refractivity contribution in [1.29, 1.82) is 0 Å². The van der Waals surface area contributed by atoms with Gasteiger partial charge in [-0.25, -0.2) is 4.39 Å². The SMILES string of the molecule is NCc1ccc(Oc2cc(F)ccc2Br)cn1. The van der Waals surface area contributed by atoms with E-state index in [9.17, 15) is 4.39 Å². The summed E-state index contributed by atoms with van der Waals surface area (Å²) in [5.41, 5.74) is 6.21. The minimum atomic E-state index is -0.352. The maximum Gasteiger partial charge on any atom is 0.145 e. The molecule has 0 bridgehead atoms. The van der Waals surface area contributed by atoms with Crippen LogP contribution in [0.5, 0.6) is 11.5 Å². The van der Waals surface area contributed by atoms with E-state index in [2.05, 4.69) is 20.9 Å². The Morgan fingerprint density at radius 3 is 2.76 bits per heavy atom. The Hall–Kier alpha value is -1.46. The summed E-state index contributed by atoms with van der Waals surface area (Å²) in [4.78, 5) is 4.09. The number of pyridine rings is 1. The van der Waals surface area contributed by atoms with Crippen LogP contribution in [0.2, 0.25) is 0 Å². The fourth-order valence-electron chi connectivity index (χ4n) is 1.27. The Morgan fingerprint density at radius 1 is 1.29 bits per heavy atom. The third-order valence-electron chi connectivity index (χ3n) is 2.13. The van der Waals surface area contributed by atoms with Crippen molar-refractivity contribution < 1.29 is 9.13 Å². The van der Waals surface area contributed by atoms with Crippen LogP contribution in [0.15, 0.2) is 41.0 Å². The van der Waals surface area contributed by atoms with Crippen LogP contribution in [0.25, 0.3) is 0 Å². The molecule has 2 rings (SSSR count). The summed E-state index contributed by atoms with van der Waals surface area (Å²) in [5, 5.41) is 0. The van der Waals surface area contributed by atoms with Gasteiger partial charge in [-0.2, -0.15) is 0 Å². The zero-order valence-electron chi connectivity index (χ0n) is 8.86. The first kappa shape index (κ1) is 12.0. The van der Waals surface area contributed by atoms with Gasteiger partial charge >= 0.3 is 0 Å². The van der Waals surface area contributed by atoms with Crippen LogP contribution < -0.4 is 10.5 Å². The molecule has 0 saturated carbocycles. The molecule has 17 heavy (non-hydrogen) atoms. The zero-order chi connectivity index (χ0) is 12.3. The van der Waals surface area contributed by atoms with E-state index in [0.29, 0.717) is 22.5 Å². The number of halogens is 2. The summed E-state index contributed by atoms with van der Waals surface area (Å²) in [6, 6.07) is 7.76. The lowest BCUT2D eigenvalue weighted by Crippen LogP contribution is -1.98. The normalized spacial score (nSPS) is 10.3. The Kier molecular flexibility index (Phi) is 3.71. The first-order valence-corrected chi connectivity index (χ1v) is 5.76. The summed E-state index contributed by atoms with van der Waals surface area (Å²) < 4.78 is 19.2. The highest BCUT2D eigenvalue weighted by Crippen LogP contribution is 2.29. The Labute approximate surface area is 107 Å². The van der Waals surface area contributed by atoms with Gasteiger partial charge in [0.05, 0.1) is 16.4 Å². The van der Waals surface area contributed by atoms with Crippen LogP contribution in [0.1, 0.15) is 5.69 Å². The average molecular weight is 297 g/mol. The maximum absolute atomic E-state index is 13.0. The molecule has 0 aliphatic heterocycles. The lowest BCUT2D eigenvalue weighted by atomic mass is 10.3. The molecule has 0 amide bonds. The number of benzene rings is 1. The molecule has 0 saturated heterocycles. The third-order valence-corrected chi connectivity index (χ3v) is 2.78. The van der Waals surface area contributed by atoms with E-state index in [4.69, 9.17) is 10.5 Å². The molecule has 88 valence electrons. The van der Waals surface area contributed by atoms with Crippen LogP contribution in [-0.2, 0) is 6.54 Å². The summed E-state index contributed by atoms with van der Waals surface area (Å²) in [5.74, 6) is 0.593. The van der Waals surface area contributed by atoms with Crippen molar-refractivity contribution >= 4 is 15.9 Å². The van der Waals surface area contributed by atoms with Crippen LogP contribution >= 0.6 is 15.9 Å². The lowest BCUT2D eigenvalue weighted by molar-refractivity contribution is 0.471. The lowest BCUT2D eigenvalue weighted by Gasteiger charge is -2.07. The number of aromatic nitrogens is 1. The van der Waals surface area contributed by atoms with Crippen molar-refractivity contribution in [1.82, 2.24) is 4.98 Å². The molecule has 0 fully saturated rings. The highest BCUT2D eigenvalue weighted by atomic mass is 79.9. The summed E-state index contributed by atoms with van der Waals surface area (Å²) in [6.45, 7) is 0.379. The average Bonchev–Trinajstić information content (AvgIpc) is 2.35. The third kappa shape index (κ3) is 3.01. The largest absolute Gasteiger partial charge is 0.454 e. The predicted molar refractivity (Wildman–Crippen MR) is 66.3 cm³/mol. The van der Waals surface area contributed by atoms with Gasteiger partial charge in [0.25, 0.3) is 0 Å². The summed E-state index contributed by atoms with van der Waals surface area (Å²) in [6.07, 6.45) is 1.56. The van der Waals surface area contributed by atoms with Gasteiger partial charge in [-0.15, -0.1) is 0 Å². The first-order valence-electron chi connectivity index (χ1n) is 4.97. The highest BCUT2D eigenvalue weighted by Gasteiger charge is 2.04. The van der Waals surface area contributed by atoms with Crippen LogP contribution in [0.4, 0.5) is 4.39 Å². The Balaban J connectivity index is 2.22. The summed E-state index contributed by atoms with van der Waals surface area (Å²) >= 11 is 3.28. The fourth-order valence-corrected chi connectivity index (χ4v) is 1.60. The van der Waals surface area contributed by atoms with Gasteiger partial charge < -0.3 is 10.5 Å². The van der Waals surface area contributed by atoms with Crippen molar-refractivity contribution in [2.24, 2.45) is 5.73 Å². The monoisotopic (exact) mass is 296 g/mol. The van der Waals surface area contributed by atoms with Gasteiger partial charge in [0.2, 0.25) is 0 Å². The van der Waals surface area contributed by atoms with E-state index in [1.807, 2.05) is 0 Å². The molecule has 2 N–H and O–H groups in total. The molecule has 2 aromatic rings. The second-order valence-corrected chi connectivity index (χ2v) is 4.22. The van der Waals surface area contributed by atoms with Crippen molar-refractivity contribution in [3.63, 3.8) is 0 Å². The predicted octanol–water partition coefficient (Wildman–Crippen LogP) is 3.23. The van der Waals surface area contributed by atoms with Gasteiger partial charge in [-0.3, -0.25) is 4.98 Å². The van der Waals surface area contributed by atoms with Crippen molar-refractivity contribution in [3.8, 4) is 11.5 Å². The van der Waals surface area contributed by atoms with Gasteiger partial charge in [0.15, 0.2) is 0 Å². The van der Waals surface area contributed by atoms with E-state index in [0.717, 1.165) is 5.69 Å². The van der Waals surface area contributed by atoms with Gasteiger partial charge in [0.1, 0.15) is 17.3 Å². The van der Waals surface area contributed by atoms with E-state index in [1.165, 1.54) is 12.1 Å². The Bertz CT molecular complexity index is 516. The van der Waals surface area contributed by atoms with E-state index >= 15 is 0 Å². The standard InChI is InChI=1S/C12H10BrFN2O/c13-11-4-1-8(14)5-12(11)17-10-3-2-9(6-15)16-7-10/h1-5,7H,6,15H2. The molecular weight excluding hydrogens is 287 g/mol. The topological polar surface area (TPSA) is 48.1 Å². The zero-order valence-corrected chi connectivity index (χ0v) is 10.4. The number of ether oxygens (including phenoxy) is 1. The van der Waals surface area contributed by atoms with Crippen LogP contribution in [0.3, 0.4) is 0 Å². The number of nitrogens with zero attached hydrogens (tertiary/aromatic N) is 1. The van der Waals surface area contributed by atoms with Crippen LogP contribution in [0, 0.1) is 5.82 Å². The molecule has 0 radical (unpaired) electrons. The van der Waals surface area contributed by atoms with Crippen LogP contribution in [-0.4, -0.2) is 4.98 Å². The molecule has 3 nitrogen and oxygen atoms in total. The second-order valence-electron chi connectivity index (χ2n) is 3.37. The molecule has 0 atom stereocenters. The molecule has 1 heterocycles. The molecular formula is C12H10BrFN2O. The summed E-state index contributed by atoms with van der Waals surface area (Å²) in [7, 11) is 0. The van der Waals surface area contributed by atoms with E-state index in [-0.39, 0.29) is 5.82 Å². The van der Waals surface area contributed by atoms with Crippen molar-refractivity contribution in [3.05, 3.63) is 52.5 Å². The molecule has 0 aliphatic carbocycles. The minimum Gasteiger partial charge on any atom is -0.454 e. The quantitative estimate of drug-likeness (QED) is 0.946. The van der Waals surface area contributed by atoms with E-state index in [1.54, 1.807) is 24.4 Å².